The van der Waals surface area contributed by atoms with E-state index in [1.165, 1.54) is 7.05 Å². The molecule has 0 radical (unpaired) electrons. The summed E-state index contributed by atoms with van der Waals surface area (Å²) in [5.41, 5.74) is 2.89. The smallest absolute Gasteiger partial charge is 0.333 e. The Morgan fingerprint density at radius 1 is 0.979 bits per heavy atom. The number of benzene rings is 2. The summed E-state index contributed by atoms with van der Waals surface area (Å²) in [5, 5.41) is 5.94. The van der Waals surface area contributed by atoms with Crippen LogP contribution in [0.5, 0.6) is 0 Å². The highest BCUT2D eigenvalue weighted by atomic mass is 31.0. The first kappa shape index (κ1) is 41.3. The minimum absolute atomic E-state index is 0.0927. The van der Waals surface area contributed by atoms with Crippen molar-refractivity contribution in [3.8, 4) is 11.1 Å². The molecule has 0 saturated carbocycles. The van der Waals surface area contributed by atoms with E-state index in [0.29, 0.717) is 41.5 Å². The summed E-state index contributed by atoms with van der Waals surface area (Å²) < 4.78 is 108. The number of pyridine rings is 1. The van der Waals surface area contributed by atoms with Crippen molar-refractivity contribution in [1.29, 1.82) is 0 Å². The van der Waals surface area contributed by atoms with Gasteiger partial charge in [0.05, 0.1) is 5.56 Å². The number of hydrogen-bond donors (Lipinski definition) is 3. The van der Waals surface area contributed by atoms with Gasteiger partial charge in [0.25, 0.3) is 5.91 Å². The quantitative estimate of drug-likeness (QED) is 0.0913. The zero-order chi connectivity index (χ0) is 36.1. The predicted molar refractivity (Wildman–Crippen MR) is 170 cm³/mol. The van der Waals surface area contributed by atoms with Crippen molar-refractivity contribution in [2.75, 3.05) is 26.0 Å². The largest absolute Gasteiger partial charge is 0.433 e. The van der Waals surface area contributed by atoms with Gasteiger partial charge in [-0.25, -0.2) is 8.78 Å². The molecule has 0 fully saturated rings. The Bertz CT molecular complexity index is 1510. The molecule has 0 aliphatic heterocycles. The van der Waals surface area contributed by atoms with E-state index in [2.05, 4.69) is 30.6 Å². The van der Waals surface area contributed by atoms with Crippen molar-refractivity contribution >= 4 is 32.9 Å². The van der Waals surface area contributed by atoms with Crippen molar-refractivity contribution in [3.63, 3.8) is 0 Å². The van der Waals surface area contributed by atoms with E-state index in [1.54, 1.807) is 14.0 Å². The zero-order valence-corrected chi connectivity index (χ0v) is 27.3. The van der Waals surface area contributed by atoms with Gasteiger partial charge in [-0.3, -0.25) is 9.78 Å². The monoisotopic (exact) mass is 692 g/mol. The second-order valence-corrected chi connectivity index (χ2v) is 10.7. The van der Waals surface area contributed by atoms with Crippen molar-refractivity contribution < 1.29 is 44.7 Å². The molecule has 1 amide bonds. The summed E-state index contributed by atoms with van der Waals surface area (Å²) in [6.45, 7) is 6.32. The van der Waals surface area contributed by atoms with E-state index in [0.717, 1.165) is 42.9 Å². The Kier molecular flexibility index (Phi) is 16.3. The van der Waals surface area contributed by atoms with Gasteiger partial charge in [0.15, 0.2) is 11.6 Å². The second kappa shape index (κ2) is 18.6. The first-order chi connectivity index (χ1) is 22.0. The summed E-state index contributed by atoms with van der Waals surface area (Å²) in [6.07, 6.45) is -7.43. The van der Waals surface area contributed by atoms with Crippen molar-refractivity contribution in [3.05, 3.63) is 88.3 Å². The molecule has 47 heavy (non-hydrogen) atoms. The van der Waals surface area contributed by atoms with Crippen LogP contribution in [0, 0.1) is 17.6 Å². The van der Waals surface area contributed by atoms with Gasteiger partial charge in [-0.1, -0.05) is 18.6 Å². The average Bonchev–Trinajstić information content (AvgIpc) is 3.03. The number of halogens is 8. The van der Waals surface area contributed by atoms with Gasteiger partial charge in [-0.2, -0.15) is 26.3 Å². The lowest BCUT2D eigenvalue weighted by molar-refractivity contribution is -0.141. The number of nitrogens with one attached hydrogen (secondary N) is 2. The fourth-order valence-electron chi connectivity index (χ4n) is 4.43. The molecule has 2 atom stereocenters. The summed E-state index contributed by atoms with van der Waals surface area (Å²) in [6, 6.07) is 6.01. The van der Waals surface area contributed by atoms with Crippen LogP contribution in [0.2, 0.25) is 0 Å². The average molecular weight is 693 g/mol. The third-order valence-electron chi connectivity index (χ3n) is 7.06. The van der Waals surface area contributed by atoms with Gasteiger partial charge in [0.1, 0.15) is 12.5 Å². The molecule has 0 bridgehead atoms. The highest BCUT2D eigenvalue weighted by Crippen LogP contribution is 2.37. The Balaban J connectivity index is 0.00000265. The summed E-state index contributed by atoms with van der Waals surface area (Å²) >= 11 is 0. The molecule has 3 rings (SSSR count). The number of allylic oxidation sites excluding steroid dienone is 1. The van der Waals surface area contributed by atoms with Gasteiger partial charge >= 0.3 is 12.4 Å². The maximum absolute atomic E-state index is 14.1. The molecule has 0 aliphatic carbocycles. The Labute approximate surface area is 270 Å². The molecular formula is C32H37F8N4O2P. The molecule has 2 aromatic carbocycles. The van der Waals surface area contributed by atoms with Crippen LogP contribution in [-0.2, 0) is 28.4 Å². The Morgan fingerprint density at radius 2 is 1.60 bits per heavy atom. The normalized spacial score (nSPS) is 12.6. The highest BCUT2D eigenvalue weighted by molar-refractivity contribution is 7.27. The lowest BCUT2D eigenvalue weighted by atomic mass is 9.89. The zero-order valence-electron chi connectivity index (χ0n) is 26.2. The van der Waals surface area contributed by atoms with E-state index < -0.39 is 41.2 Å². The molecule has 4 N–H and O–H groups in total. The number of aromatic nitrogens is 1. The Hall–Kier alpha value is -3.74. The van der Waals surface area contributed by atoms with Crippen molar-refractivity contribution in [2.45, 2.75) is 45.5 Å². The van der Waals surface area contributed by atoms with Crippen molar-refractivity contribution in [1.82, 2.24) is 10.3 Å². The SMILES string of the molecule is C=O.CN.CNCCCC(C)/C(C)=C(\Cc1cc(F)c(F)cc1P)C(=O)Nc1ccc(C(F)(F)F)cc1-c1ccc(C(F)(F)F)nc1. The highest BCUT2D eigenvalue weighted by Gasteiger charge is 2.33. The lowest BCUT2D eigenvalue weighted by Crippen LogP contribution is -2.22. The van der Waals surface area contributed by atoms with Crippen LogP contribution in [-0.4, -0.2) is 38.3 Å². The van der Waals surface area contributed by atoms with E-state index in [-0.39, 0.29) is 34.7 Å². The van der Waals surface area contributed by atoms with Crippen LogP contribution >= 0.6 is 9.24 Å². The Morgan fingerprint density at radius 3 is 2.13 bits per heavy atom. The number of hydrogen-bond acceptors (Lipinski definition) is 5. The maximum Gasteiger partial charge on any atom is 0.433 e. The molecule has 258 valence electrons. The second-order valence-electron chi connectivity index (χ2n) is 10.1. The minimum atomic E-state index is -4.77. The first-order valence-electron chi connectivity index (χ1n) is 14.0. The fourth-order valence-corrected chi connectivity index (χ4v) is 4.76. The van der Waals surface area contributed by atoms with Crippen LogP contribution < -0.4 is 21.7 Å². The van der Waals surface area contributed by atoms with Gasteiger partial charge in [0.2, 0.25) is 0 Å². The molecular weight excluding hydrogens is 655 g/mol. The summed E-state index contributed by atoms with van der Waals surface area (Å²) in [5.74, 6) is -3.02. The first-order valence-corrected chi connectivity index (χ1v) is 14.6. The van der Waals surface area contributed by atoms with Gasteiger partial charge in [0, 0.05) is 35.0 Å². The number of rotatable bonds is 10. The third-order valence-corrected chi connectivity index (χ3v) is 7.60. The molecule has 1 aromatic heterocycles. The van der Waals surface area contributed by atoms with Crippen LogP contribution in [0.1, 0.15) is 43.5 Å². The van der Waals surface area contributed by atoms with Crippen molar-refractivity contribution in [2.24, 2.45) is 11.7 Å². The van der Waals surface area contributed by atoms with Crippen LogP contribution in [0.25, 0.3) is 11.1 Å². The molecule has 2 unspecified atom stereocenters. The molecule has 3 aromatic rings. The van der Waals surface area contributed by atoms with E-state index >= 15 is 0 Å². The molecule has 1 heterocycles. The number of carbonyl (C=O) groups is 2. The van der Waals surface area contributed by atoms with Gasteiger partial charge in [-0.05, 0) is 93.6 Å². The van der Waals surface area contributed by atoms with Crippen LogP contribution in [0.15, 0.2) is 59.8 Å². The number of nitrogens with two attached hydrogens (primary N) is 1. The molecule has 0 spiro atoms. The molecule has 6 nitrogen and oxygen atoms in total. The number of anilines is 1. The third kappa shape index (κ3) is 11.8. The maximum atomic E-state index is 14.1. The number of nitrogens with zero attached hydrogens (tertiary/aromatic N) is 1. The van der Waals surface area contributed by atoms with E-state index in [4.69, 9.17) is 4.79 Å². The minimum Gasteiger partial charge on any atom is -0.333 e. The van der Waals surface area contributed by atoms with E-state index in [1.807, 2.05) is 13.7 Å². The van der Waals surface area contributed by atoms with Crippen LogP contribution in [0.4, 0.5) is 40.8 Å². The van der Waals surface area contributed by atoms with Gasteiger partial charge in [-0.15, -0.1) is 9.24 Å². The number of carbonyl (C=O) groups excluding carboxylic acids is 2. The lowest BCUT2D eigenvalue weighted by Gasteiger charge is -2.20. The fraction of sp³-hybridized carbons (Fsp3) is 0.344. The van der Waals surface area contributed by atoms with Gasteiger partial charge < -0.3 is 21.2 Å². The number of amides is 1. The summed E-state index contributed by atoms with van der Waals surface area (Å²) in [4.78, 5) is 25.1. The predicted octanol–water partition coefficient (Wildman–Crippen LogP) is 7.09. The summed E-state index contributed by atoms with van der Waals surface area (Å²) in [7, 11) is 5.58. The molecule has 15 heteroatoms. The van der Waals surface area contributed by atoms with E-state index in [9.17, 15) is 39.9 Å². The standard InChI is InChI=1S/C30H30F8N3OP.CH5N.CH2O/c1-16(5-4-10-39-3)17(2)21(11-19-12-23(31)24(32)14-26(19)43)28(42)41-25-8-7-20(29(33,34)35)13-22(25)18-6-9-27(40-15-18)30(36,37)38;2*1-2/h6-9,12-16,39H,4-5,10-11,43H2,1-3H3,(H,41,42);2H2,1H3;1H2/b21-17+;;. The number of alkyl halides is 6. The molecule has 0 saturated heterocycles. The van der Waals surface area contributed by atoms with Crippen LogP contribution in [0.3, 0.4) is 0 Å². The topological polar surface area (TPSA) is 97.1 Å². The molecule has 0 aliphatic rings.